The zero-order valence-corrected chi connectivity index (χ0v) is 27.5. The van der Waals surface area contributed by atoms with Crippen molar-refractivity contribution in [3.05, 3.63) is 47.9 Å². The molecule has 3 aliphatic heterocycles. The highest BCUT2D eigenvalue weighted by molar-refractivity contribution is 6.02. The Labute approximate surface area is 273 Å². The van der Waals surface area contributed by atoms with Crippen LogP contribution in [-0.4, -0.2) is 94.9 Å². The number of aryl methyl sites for hydroxylation is 1. The number of benzene rings is 2. The number of nitrogens with zero attached hydrogens (tertiary/aromatic N) is 6. The number of anilines is 2. The van der Waals surface area contributed by atoms with Crippen molar-refractivity contribution in [1.82, 2.24) is 19.9 Å². The van der Waals surface area contributed by atoms with E-state index in [-0.39, 0.29) is 36.2 Å². The lowest BCUT2D eigenvalue weighted by Crippen LogP contribution is -2.57. The molecule has 3 fully saturated rings. The van der Waals surface area contributed by atoms with Gasteiger partial charge in [0.2, 0.25) is 5.95 Å². The molecule has 2 unspecified atom stereocenters. The maximum atomic E-state index is 17.0. The van der Waals surface area contributed by atoms with Crippen LogP contribution in [0, 0.1) is 5.82 Å². The number of amides is 1. The minimum absolute atomic E-state index is 0.0524. The number of rotatable bonds is 7. The SMILES string of the molecule is CCc1cccc2cc(OCOC)cc(-c3ncc4c(N5CC6CCC(C5)N6C(=O)OC(C)(C)C)nc(N5CC(O)C5)nc4c3F)c12. The normalized spacial score (nSPS) is 19.9. The molecule has 2 aromatic carbocycles. The summed E-state index contributed by atoms with van der Waals surface area (Å²) in [5.41, 5.74) is 1.40. The van der Waals surface area contributed by atoms with Gasteiger partial charge in [0, 0.05) is 45.0 Å². The number of fused-ring (bicyclic) bond motifs is 4. The number of aliphatic hydroxyl groups is 1. The zero-order chi connectivity index (χ0) is 33.0. The first-order valence-electron chi connectivity index (χ1n) is 16.3. The Balaban J connectivity index is 1.34. The van der Waals surface area contributed by atoms with Gasteiger partial charge in [-0.3, -0.25) is 9.88 Å². The lowest BCUT2D eigenvalue weighted by molar-refractivity contribution is 0.0123. The van der Waals surface area contributed by atoms with Crippen molar-refractivity contribution in [3.63, 3.8) is 0 Å². The highest BCUT2D eigenvalue weighted by Crippen LogP contribution is 2.40. The summed E-state index contributed by atoms with van der Waals surface area (Å²) in [6.07, 6.45) is 3.31. The van der Waals surface area contributed by atoms with Crippen molar-refractivity contribution in [1.29, 1.82) is 0 Å². The van der Waals surface area contributed by atoms with E-state index in [4.69, 9.17) is 29.2 Å². The Morgan fingerprint density at radius 3 is 2.47 bits per heavy atom. The van der Waals surface area contributed by atoms with E-state index in [1.807, 2.05) is 54.8 Å². The summed E-state index contributed by atoms with van der Waals surface area (Å²) in [7, 11) is 1.55. The van der Waals surface area contributed by atoms with Crippen molar-refractivity contribution in [2.24, 2.45) is 0 Å². The van der Waals surface area contributed by atoms with E-state index in [1.54, 1.807) is 19.4 Å². The molecular weight excluding hydrogens is 603 g/mol. The second-order valence-electron chi connectivity index (χ2n) is 13.7. The summed E-state index contributed by atoms with van der Waals surface area (Å²) in [4.78, 5) is 33.4. The van der Waals surface area contributed by atoms with Crippen molar-refractivity contribution in [3.8, 4) is 17.0 Å². The van der Waals surface area contributed by atoms with Gasteiger partial charge in [-0.2, -0.15) is 4.98 Å². The average Bonchev–Trinajstić information content (AvgIpc) is 3.30. The molecule has 1 amide bonds. The van der Waals surface area contributed by atoms with Crippen LogP contribution in [0.5, 0.6) is 5.75 Å². The van der Waals surface area contributed by atoms with Crippen LogP contribution in [0.1, 0.15) is 46.1 Å². The van der Waals surface area contributed by atoms with Gasteiger partial charge in [0.25, 0.3) is 0 Å². The molecule has 4 aromatic rings. The topological polar surface area (TPSA) is 113 Å². The number of methoxy groups -OCH3 is 1. The first kappa shape index (κ1) is 31.3. The largest absolute Gasteiger partial charge is 0.468 e. The molecule has 7 rings (SSSR count). The molecule has 3 saturated heterocycles. The third-order valence-corrected chi connectivity index (χ3v) is 9.20. The van der Waals surface area contributed by atoms with Crippen molar-refractivity contribution < 1.29 is 28.5 Å². The fraction of sp³-hybridized carbons (Fsp3) is 0.486. The first-order valence-corrected chi connectivity index (χ1v) is 16.3. The molecule has 5 heterocycles. The van der Waals surface area contributed by atoms with Gasteiger partial charge in [0.1, 0.15) is 28.4 Å². The van der Waals surface area contributed by atoms with Gasteiger partial charge in [0.05, 0.1) is 23.6 Å². The molecule has 2 aromatic heterocycles. The van der Waals surface area contributed by atoms with Crippen LogP contribution in [0.15, 0.2) is 36.5 Å². The minimum atomic E-state index is -0.591. The molecule has 11 nitrogen and oxygen atoms in total. The molecule has 2 atom stereocenters. The Morgan fingerprint density at radius 1 is 1.06 bits per heavy atom. The Bertz CT molecular complexity index is 1830. The van der Waals surface area contributed by atoms with Crippen LogP contribution in [0.2, 0.25) is 0 Å². The predicted octanol–water partition coefficient (Wildman–Crippen LogP) is 5.30. The smallest absolute Gasteiger partial charge is 0.410 e. The van der Waals surface area contributed by atoms with Crippen LogP contribution < -0.4 is 14.5 Å². The Morgan fingerprint density at radius 2 is 1.81 bits per heavy atom. The molecule has 1 N–H and O–H groups in total. The summed E-state index contributed by atoms with van der Waals surface area (Å²) in [5.74, 6) is 0.911. The summed E-state index contributed by atoms with van der Waals surface area (Å²) in [5, 5.41) is 12.4. The second-order valence-corrected chi connectivity index (χ2v) is 13.7. The standard InChI is InChI=1S/C35H41FN6O5/c1-6-20-8-7-9-21-12-25(46-19-45-5)13-26(28(20)21)30-29(36)31-27(14-37-30)32(39-33(38-31)41-17-24(43)18-41)40-15-22-10-11-23(16-40)42(22)34(44)47-35(2,3)4/h7-9,12-14,22-24,43H,6,10-11,15-19H2,1-5H3. The van der Waals surface area contributed by atoms with Crippen molar-refractivity contribution in [2.75, 3.05) is 49.9 Å². The molecule has 12 heteroatoms. The number of carbonyl (C=O) groups is 1. The molecule has 47 heavy (non-hydrogen) atoms. The average molecular weight is 645 g/mol. The Kier molecular flexibility index (Phi) is 8.04. The van der Waals surface area contributed by atoms with Crippen LogP contribution in [0.3, 0.4) is 0 Å². The third-order valence-electron chi connectivity index (χ3n) is 9.20. The second kappa shape index (κ2) is 12.1. The number of hydrogen-bond acceptors (Lipinski definition) is 10. The number of aromatic nitrogens is 3. The summed E-state index contributed by atoms with van der Waals surface area (Å²) < 4.78 is 33.7. The predicted molar refractivity (Wildman–Crippen MR) is 177 cm³/mol. The third kappa shape index (κ3) is 5.78. The van der Waals surface area contributed by atoms with Crippen LogP contribution in [0.4, 0.5) is 21.0 Å². The number of carbonyl (C=O) groups excluding carboxylic acids is 1. The highest BCUT2D eigenvalue weighted by atomic mass is 19.1. The van der Waals surface area contributed by atoms with E-state index in [1.165, 1.54) is 0 Å². The summed E-state index contributed by atoms with van der Waals surface area (Å²) in [6.45, 7) is 9.51. The molecule has 3 aliphatic rings. The van der Waals surface area contributed by atoms with E-state index in [9.17, 15) is 9.90 Å². The number of piperazine rings is 1. The maximum Gasteiger partial charge on any atom is 0.410 e. The van der Waals surface area contributed by atoms with Gasteiger partial charge in [-0.15, -0.1) is 0 Å². The zero-order valence-electron chi connectivity index (χ0n) is 27.5. The number of aliphatic hydroxyl groups excluding tert-OH is 1. The number of halogens is 1. The molecule has 2 bridgehead atoms. The number of hydrogen-bond donors (Lipinski definition) is 1. The van der Waals surface area contributed by atoms with E-state index in [0.717, 1.165) is 35.6 Å². The fourth-order valence-corrected chi connectivity index (χ4v) is 7.08. The van der Waals surface area contributed by atoms with E-state index in [0.29, 0.717) is 54.6 Å². The molecule has 0 saturated carbocycles. The van der Waals surface area contributed by atoms with Crippen LogP contribution >= 0.6 is 0 Å². The maximum absolute atomic E-state index is 17.0. The van der Waals surface area contributed by atoms with Gasteiger partial charge in [-0.25, -0.2) is 14.2 Å². The Hall–Kier alpha value is -4.29. The molecule has 0 spiro atoms. The van der Waals surface area contributed by atoms with Crippen LogP contribution in [-0.2, 0) is 15.9 Å². The van der Waals surface area contributed by atoms with Gasteiger partial charge >= 0.3 is 6.09 Å². The first-order chi connectivity index (χ1) is 22.5. The molecule has 0 radical (unpaired) electrons. The van der Waals surface area contributed by atoms with Gasteiger partial charge in [-0.1, -0.05) is 25.1 Å². The molecule has 248 valence electrons. The number of ether oxygens (including phenoxy) is 3. The monoisotopic (exact) mass is 644 g/mol. The fourth-order valence-electron chi connectivity index (χ4n) is 7.08. The quantitative estimate of drug-likeness (QED) is 0.266. The highest BCUT2D eigenvalue weighted by Gasteiger charge is 2.45. The summed E-state index contributed by atoms with van der Waals surface area (Å²) in [6, 6.07) is 9.61. The summed E-state index contributed by atoms with van der Waals surface area (Å²) >= 11 is 0. The van der Waals surface area contributed by atoms with Crippen molar-refractivity contribution >= 4 is 39.5 Å². The van der Waals surface area contributed by atoms with Crippen LogP contribution in [0.25, 0.3) is 32.9 Å². The lowest BCUT2D eigenvalue weighted by atomic mass is 9.95. The van der Waals surface area contributed by atoms with Gasteiger partial charge < -0.3 is 29.1 Å². The number of pyridine rings is 1. The van der Waals surface area contributed by atoms with Gasteiger partial charge in [-0.05, 0) is 68.5 Å². The van der Waals surface area contributed by atoms with E-state index in [2.05, 4.69) is 11.8 Å². The molecular formula is C35H41FN6O5. The minimum Gasteiger partial charge on any atom is -0.468 e. The van der Waals surface area contributed by atoms with Gasteiger partial charge in [0.15, 0.2) is 12.6 Å². The lowest BCUT2D eigenvalue weighted by Gasteiger charge is -2.42. The van der Waals surface area contributed by atoms with E-state index >= 15 is 4.39 Å². The van der Waals surface area contributed by atoms with E-state index < -0.39 is 17.5 Å². The molecule has 0 aliphatic carbocycles. The van der Waals surface area contributed by atoms with Crippen molar-refractivity contribution in [2.45, 2.75) is 70.7 Å². The number of β-amino-alcohol motifs (C(OH)–C–C–N with tert-alkyl or cyclic N) is 1.